The monoisotopic (exact) mass is 256 g/mol. The molecule has 1 aromatic rings. The molecule has 1 aliphatic rings. The molecule has 1 aromatic carbocycles. The van der Waals surface area contributed by atoms with Crippen LogP contribution < -0.4 is 5.14 Å². The molecular weight excluding hydrogens is 244 g/mol. The van der Waals surface area contributed by atoms with E-state index in [0.717, 1.165) is 0 Å². The number of nitrogens with two attached hydrogens (primary N) is 1. The largest absolute Gasteiger partial charge is 0.471 e. The molecule has 0 aromatic heterocycles. The Kier molecular flexibility index (Phi) is 3.30. The highest BCUT2D eigenvalue weighted by molar-refractivity contribution is 7.88. The van der Waals surface area contributed by atoms with Crippen molar-refractivity contribution in [3.8, 4) is 0 Å². The molecule has 2 N–H and O–H groups in total. The van der Waals surface area contributed by atoms with E-state index in [2.05, 4.69) is 5.16 Å². The van der Waals surface area contributed by atoms with Gasteiger partial charge in [-0.3, -0.25) is 0 Å². The minimum Gasteiger partial charge on any atom is -0.471 e. The van der Waals surface area contributed by atoms with E-state index in [9.17, 15) is 8.42 Å². The Morgan fingerprint density at radius 3 is 2.71 bits per heavy atom. The molecule has 0 radical (unpaired) electrons. The number of sulfonamides is 1. The standard InChI is InChI=1S/C10H12N2O4S/c11-17(13,14)7-8-3-1-2-4-9(8)10-12-16-6-5-15-10/h1-4H,5-7H2,(H2,11,13,14). The van der Waals surface area contributed by atoms with E-state index in [0.29, 0.717) is 24.3 Å². The van der Waals surface area contributed by atoms with Gasteiger partial charge in [0.05, 0.1) is 5.75 Å². The van der Waals surface area contributed by atoms with Crippen molar-refractivity contribution >= 4 is 15.9 Å². The lowest BCUT2D eigenvalue weighted by molar-refractivity contribution is 0.0655. The van der Waals surface area contributed by atoms with Gasteiger partial charge in [0.15, 0.2) is 6.61 Å². The zero-order valence-corrected chi connectivity index (χ0v) is 9.81. The predicted octanol–water partition coefficient (Wildman–Crippen LogP) is 0.183. The topological polar surface area (TPSA) is 91.0 Å². The lowest BCUT2D eigenvalue weighted by Crippen LogP contribution is -2.21. The molecule has 0 aliphatic carbocycles. The zero-order chi connectivity index (χ0) is 12.3. The summed E-state index contributed by atoms with van der Waals surface area (Å²) >= 11 is 0. The fourth-order valence-corrected chi connectivity index (χ4v) is 2.19. The molecular formula is C10H12N2O4S. The fourth-order valence-electron chi connectivity index (χ4n) is 1.50. The van der Waals surface area contributed by atoms with Crippen LogP contribution >= 0.6 is 0 Å². The molecule has 2 rings (SSSR count). The van der Waals surface area contributed by atoms with Crippen molar-refractivity contribution in [3.05, 3.63) is 35.4 Å². The zero-order valence-electron chi connectivity index (χ0n) is 9.00. The summed E-state index contributed by atoms with van der Waals surface area (Å²) in [6.07, 6.45) is 0. The average molecular weight is 256 g/mol. The SMILES string of the molecule is NS(=O)(=O)Cc1ccccc1C1=NOCCO1. The second kappa shape index (κ2) is 4.72. The summed E-state index contributed by atoms with van der Waals surface area (Å²) in [5, 5.41) is 8.78. The number of rotatable bonds is 3. The molecule has 17 heavy (non-hydrogen) atoms. The number of primary sulfonamides is 1. The smallest absolute Gasteiger partial charge is 0.258 e. The Hall–Kier alpha value is -1.60. The summed E-state index contributed by atoms with van der Waals surface area (Å²) < 4.78 is 27.5. The van der Waals surface area contributed by atoms with Crippen LogP contribution in [0.15, 0.2) is 29.4 Å². The lowest BCUT2D eigenvalue weighted by Gasteiger charge is -2.15. The molecule has 92 valence electrons. The Labute approximate surface area is 99.1 Å². The van der Waals surface area contributed by atoms with Gasteiger partial charge in [-0.2, -0.15) is 0 Å². The van der Waals surface area contributed by atoms with Crippen LogP contribution in [0.2, 0.25) is 0 Å². The molecule has 0 unspecified atom stereocenters. The number of nitrogens with zero attached hydrogens (tertiary/aromatic N) is 1. The minimum absolute atomic E-state index is 0.258. The maximum Gasteiger partial charge on any atom is 0.258 e. The summed E-state index contributed by atoms with van der Waals surface area (Å²) in [6.45, 7) is 0.781. The maximum absolute atomic E-state index is 11.1. The average Bonchev–Trinajstić information content (AvgIpc) is 2.29. The summed E-state index contributed by atoms with van der Waals surface area (Å²) in [7, 11) is -3.59. The third kappa shape index (κ3) is 3.18. The molecule has 0 fully saturated rings. The first-order valence-corrected chi connectivity index (χ1v) is 6.69. The highest BCUT2D eigenvalue weighted by Gasteiger charge is 2.17. The van der Waals surface area contributed by atoms with Crippen molar-refractivity contribution in [2.45, 2.75) is 5.75 Å². The molecule has 0 saturated heterocycles. The van der Waals surface area contributed by atoms with E-state index in [1.165, 1.54) is 0 Å². The van der Waals surface area contributed by atoms with Gasteiger partial charge in [-0.25, -0.2) is 13.6 Å². The van der Waals surface area contributed by atoms with E-state index in [1.54, 1.807) is 24.3 Å². The van der Waals surface area contributed by atoms with Gasteiger partial charge in [0.25, 0.3) is 5.90 Å². The first-order chi connectivity index (χ1) is 8.06. The van der Waals surface area contributed by atoms with Gasteiger partial charge in [-0.05, 0) is 16.8 Å². The number of benzene rings is 1. The molecule has 7 heteroatoms. The van der Waals surface area contributed by atoms with Gasteiger partial charge in [-0.15, -0.1) is 0 Å². The summed E-state index contributed by atoms with van der Waals surface area (Å²) in [5.74, 6) is 0.0291. The van der Waals surface area contributed by atoms with E-state index in [4.69, 9.17) is 14.7 Å². The van der Waals surface area contributed by atoms with Crippen LogP contribution in [0, 0.1) is 0 Å². The lowest BCUT2D eigenvalue weighted by atomic mass is 10.1. The molecule has 0 bridgehead atoms. The van der Waals surface area contributed by atoms with Crippen LogP contribution in [0.25, 0.3) is 0 Å². The fraction of sp³-hybridized carbons (Fsp3) is 0.300. The molecule has 6 nitrogen and oxygen atoms in total. The van der Waals surface area contributed by atoms with Crippen LogP contribution in [0.4, 0.5) is 0 Å². The van der Waals surface area contributed by atoms with Crippen LogP contribution in [0.5, 0.6) is 0 Å². The third-order valence-electron chi connectivity index (χ3n) is 2.17. The van der Waals surface area contributed by atoms with E-state index in [1.807, 2.05) is 0 Å². The van der Waals surface area contributed by atoms with E-state index < -0.39 is 10.0 Å². The van der Waals surface area contributed by atoms with E-state index in [-0.39, 0.29) is 11.7 Å². The summed E-state index contributed by atoms with van der Waals surface area (Å²) in [4.78, 5) is 4.90. The molecule has 0 amide bonds. The number of ether oxygens (including phenoxy) is 1. The van der Waals surface area contributed by atoms with Gasteiger partial charge in [0, 0.05) is 5.56 Å². The Morgan fingerprint density at radius 1 is 1.29 bits per heavy atom. The number of hydrogen-bond donors (Lipinski definition) is 1. The van der Waals surface area contributed by atoms with Crippen LogP contribution in [0.3, 0.4) is 0 Å². The van der Waals surface area contributed by atoms with Crippen molar-refractivity contribution in [3.63, 3.8) is 0 Å². The molecule has 0 spiro atoms. The minimum atomic E-state index is -3.59. The van der Waals surface area contributed by atoms with Crippen LogP contribution in [-0.2, 0) is 25.4 Å². The summed E-state index contributed by atoms with van der Waals surface area (Å²) in [5.41, 5.74) is 1.13. The van der Waals surface area contributed by atoms with Gasteiger partial charge in [-0.1, -0.05) is 18.2 Å². The van der Waals surface area contributed by atoms with Gasteiger partial charge in [0.2, 0.25) is 10.0 Å². The molecule has 1 heterocycles. The van der Waals surface area contributed by atoms with Crippen molar-refractivity contribution in [2.24, 2.45) is 10.3 Å². The predicted molar refractivity (Wildman–Crippen MR) is 61.7 cm³/mol. The number of oxime groups is 1. The molecule has 0 atom stereocenters. The summed E-state index contributed by atoms with van der Waals surface area (Å²) in [6, 6.07) is 6.88. The van der Waals surface area contributed by atoms with Crippen molar-refractivity contribution in [1.82, 2.24) is 0 Å². The highest BCUT2D eigenvalue weighted by Crippen LogP contribution is 2.15. The first kappa shape index (κ1) is 11.9. The Balaban J connectivity index is 2.36. The van der Waals surface area contributed by atoms with E-state index >= 15 is 0 Å². The van der Waals surface area contributed by atoms with Crippen molar-refractivity contribution < 1.29 is 18.0 Å². The Bertz CT molecular complexity index is 539. The van der Waals surface area contributed by atoms with Crippen LogP contribution in [0.1, 0.15) is 11.1 Å². The quantitative estimate of drug-likeness (QED) is 0.835. The second-order valence-electron chi connectivity index (χ2n) is 3.54. The molecule has 0 saturated carbocycles. The normalized spacial score (nSPS) is 15.7. The third-order valence-corrected chi connectivity index (χ3v) is 2.88. The maximum atomic E-state index is 11.1. The Morgan fingerprint density at radius 2 is 2.06 bits per heavy atom. The molecule has 1 aliphatic heterocycles. The van der Waals surface area contributed by atoms with Crippen molar-refractivity contribution in [1.29, 1.82) is 0 Å². The van der Waals surface area contributed by atoms with Gasteiger partial charge >= 0.3 is 0 Å². The van der Waals surface area contributed by atoms with Gasteiger partial charge in [0.1, 0.15) is 6.61 Å². The number of hydrogen-bond acceptors (Lipinski definition) is 5. The van der Waals surface area contributed by atoms with Crippen LogP contribution in [-0.4, -0.2) is 27.5 Å². The first-order valence-electron chi connectivity index (χ1n) is 4.98. The van der Waals surface area contributed by atoms with Gasteiger partial charge < -0.3 is 9.57 Å². The van der Waals surface area contributed by atoms with Crippen molar-refractivity contribution in [2.75, 3.05) is 13.2 Å². The highest BCUT2D eigenvalue weighted by atomic mass is 32.2. The second-order valence-corrected chi connectivity index (χ2v) is 5.16.